The Balaban J connectivity index is 1.47. The first-order valence-corrected chi connectivity index (χ1v) is 18.2. The van der Waals surface area contributed by atoms with Crippen molar-refractivity contribution in [2.45, 2.75) is 37.1 Å². The predicted octanol–water partition coefficient (Wildman–Crippen LogP) is 4.62. The minimum Gasteiger partial charge on any atom is -0.504 e. The van der Waals surface area contributed by atoms with Crippen molar-refractivity contribution >= 4 is 17.7 Å². The number of fused-ring (bicyclic) bond motifs is 8. The Morgan fingerprint density at radius 2 is 1.43 bits per heavy atom. The Labute approximate surface area is 333 Å². The van der Waals surface area contributed by atoms with Crippen LogP contribution in [0.15, 0.2) is 97.1 Å². The molecule has 8 rings (SSSR count). The van der Waals surface area contributed by atoms with E-state index in [1.165, 1.54) is 64.8 Å². The van der Waals surface area contributed by atoms with Gasteiger partial charge in [-0.25, -0.2) is 0 Å². The van der Waals surface area contributed by atoms with E-state index in [1.54, 1.807) is 30.3 Å². The molecule has 0 fully saturated rings. The third-order valence-corrected chi connectivity index (χ3v) is 10.0. The number of carbonyl (C=O) groups is 3. The van der Waals surface area contributed by atoms with Crippen LogP contribution in [0.1, 0.15) is 52.2 Å². The lowest BCUT2D eigenvalue weighted by molar-refractivity contribution is -0.137. The molecule has 58 heavy (non-hydrogen) atoms. The summed E-state index contributed by atoms with van der Waals surface area (Å²) >= 11 is 0. The summed E-state index contributed by atoms with van der Waals surface area (Å²) in [4.78, 5) is 43.3. The number of hydrogen-bond acceptors (Lipinski definition) is 12. The number of amides is 3. The molecule has 0 spiro atoms. The van der Waals surface area contributed by atoms with E-state index in [0.29, 0.717) is 33.9 Å². The summed E-state index contributed by atoms with van der Waals surface area (Å²) in [5.74, 6) is -1.55. The van der Waals surface area contributed by atoms with Crippen molar-refractivity contribution in [2.75, 3.05) is 28.4 Å². The number of aromatic hydroxyl groups is 1. The zero-order valence-corrected chi connectivity index (χ0v) is 32.0. The number of phenolic OH excluding ortho intramolecular Hbond substituents is 1. The van der Waals surface area contributed by atoms with Gasteiger partial charge in [0, 0.05) is 22.8 Å². The minimum atomic E-state index is -1.65. The van der Waals surface area contributed by atoms with E-state index in [2.05, 4.69) is 16.0 Å². The van der Waals surface area contributed by atoms with Gasteiger partial charge in [-0.05, 0) is 64.7 Å². The number of rotatable bonds is 7. The van der Waals surface area contributed by atoms with Gasteiger partial charge in [0.1, 0.15) is 47.2 Å². The molecule has 15 nitrogen and oxygen atoms in total. The second kappa shape index (κ2) is 16.7. The molecule has 5 aromatic carbocycles. The van der Waals surface area contributed by atoms with E-state index in [9.17, 15) is 24.6 Å². The first-order chi connectivity index (χ1) is 28.0. The van der Waals surface area contributed by atoms with Gasteiger partial charge in [-0.1, -0.05) is 48.5 Å². The lowest BCUT2D eigenvalue weighted by Crippen LogP contribution is -2.54. The first kappa shape index (κ1) is 39.4. The molecule has 5 aromatic rings. The molecule has 3 aliphatic heterocycles. The highest BCUT2D eigenvalue weighted by atomic mass is 16.5. The van der Waals surface area contributed by atoms with E-state index in [-0.39, 0.29) is 46.3 Å². The van der Waals surface area contributed by atoms with Crippen LogP contribution in [0, 0.1) is 0 Å². The van der Waals surface area contributed by atoms with Crippen LogP contribution in [0.2, 0.25) is 0 Å². The number of hydrogen-bond donors (Lipinski definition) is 6. The highest BCUT2D eigenvalue weighted by Crippen LogP contribution is 2.46. The number of methoxy groups -OCH3 is 4. The topological polar surface area (TPSA) is 209 Å². The summed E-state index contributed by atoms with van der Waals surface area (Å²) < 4.78 is 35.3. The highest BCUT2D eigenvalue weighted by Gasteiger charge is 2.38. The van der Waals surface area contributed by atoms with Gasteiger partial charge in [-0.3, -0.25) is 14.4 Å². The van der Waals surface area contributed by atoms with Gasteiger partial charge in [0.15, 0.2) is 17.7 Å². The molecule has 15 heteroatoms. The molecular weight excluding hydrogens is 748 g/mol. The molecule has 0 saturated carbocycles. The number of nitrogens with two attached hydrogens (primary N) is 1. The summed E-state index contributed by atoms with van der Waals surface area (Å²) in [7, 11) is 5.77. The Bertz CT molecular complexity index is 2340. The van der Waals surface area contributed by atoms with Crippen molar-refractivity contribution < 1.29 is 53.0 Å². The largest absolute Gasteiger partial charge is 0.504 e. The van der Waals surface area contributed by atoms with Crippen LogP contribution < -0.4 is 45.4 Å². The van der Waals surface area contributed by atoms with Gasteiger partial charge in [0.05, 0.1) is 35.0 Å². The quantitative estimate of drug-likeness (QED) is 0.134. The van der Waals surface area contributed by atoms with Crippen LogP contribution in [0.5, 0.6) is 40.2 Å². The van der Waals surface area contributed by atoms with Crippen LogP contribution in [0.4, 0.5) is 0 Å². The fourth-order valence-corrected chi connectivity index (χ4v) is 7.00. The van der Waals surface area contributed by atoms with E-state index < -0.39 is 48.2 Å². The summed E-state index contributed by atoms with van der Waals surface area (Å²) in [5, 5.41) is 31.1. The predicted molar refractivity (Wildman–Crippen MR) is 210 cm³/mol. The molecule has 300 valence electrons. The SMILES string of the molecule is COc1cc(OC)c2c(c1)C(OCc1ccccc1)NC(=O)[C@H]1NC(=O)[C@H](NC(=O)[C@H](N)c3cc(O)c(OC)c(c3)Oc3ccc(cc3)[C@H]1O)c1ccc(OC)c-2c1. The van der Waals surface area contributed by atoms with Crippen LogP contribution in [0.3, 0.4) is 0 Å². The second-order valence-corrected chi connectivity index (χ2v) is 13.5. The normalized spacial score (nSPS) is 20.2. The summed E-state index contributed by atoms with van der Waals surface area (Å²) in [6.07, 6.45) is -2.87. The average Bonchev–Trinajstić information content (AvgIpc) is 3.24. The Kier molecular flexibility index (Phi) is 11.4. The summed E-state index contributed by atoms with van der Waals surface area (Å²) in [5.41, 5.74) is 9.13. The van der Waals surface area contributed by atoms with Crippen molar-refractivity contribution in [1.29, 1.82) is 0 Å². The Morgan fingerprint density at radius 3 is 2.12 bits per heavy atom. The fraction of sp³-hybridized carbons (Fsp3) is 0.233. The Morgan fingerprint density at radius 1 is 0.707 bits per heavy atom. The fourth-order valence-electron chi connectivity index (χ4n) is 7.00. The van der Waals surface area contributed by atoms with Crippen molar-refractivity contribution in [3.63, 3.8) is 0 Å². The number of carbonyl (C=O) groups excluding carboxylic acids is 3. The average molecular weight is 791 g/mol. The number of aliphatic hydroxyl groups excluding tert-OH is 1. The standard InChI is InChI=1S/C43H42N4O11/c1-53-27-19-29-34(32(20-27)55-3)28-16-24(12-15-31(28)54-2)36-41(51)46-37(42(52)47-43(29)57-21-22-8-6-5-7-9-22)38(49)23-10-13-26(14-11-23)58-33-18-25(35(44)40(50)45-36)17-30(48)39(33)56-4/h5-20,35-38,43,48-49H,21,44H2,1-4H3,(H,45,50)(H,46,51)(H,47,52)/t35-,36-,37+,38-,43?/m1/s1. The van der Waals surface area contributed by atoms with Gasteiger partial charge in [-0.2, -0.15) is 0 Å². The van der Waals surface area contributed by atoms with Crippen LogP contribution >= 0.6 is 0 Å². The number of nitrogens with one attached hydrogen (secondary N) is 3. The minimum absolute atomic E-state index is 0.0202. The first-order valence-electron chi connectivity index (χ1n) is 18.2. The molecule has 5 atom stereocenters. The van der Waals surface area contributed by atoms with Crippen LogP contribution in [0.25, 0.3) is 11.1 Å². The van der Waals surface area contributed by atoms with Gasteiger partial charge in [0.25, 0.3) is 0 Å². The second-order valence-electron chi connectivity index (χ2n) is 13.5. The van der Waals surface area contributed by atoms with Gasteiger partial charge >= 0.3 is 0 Å². The molecule has 3 heterocycles. The molecule has 7 N–H and O–H groups in total. The maximum atomic E-state index is 14.7. The number of aliphatic hydroxyl groups is 1. The van der Waals surface area contributed by atoms with Gasteiger partial charge in [-0.15, -0.1) is 0 Å². The van der Waals surface area contributed by atoms with Gasteiger partial charge in [0.2, 0.25) is 23.5 Å². The Hall–Kier alpha value is -6.81. The third kappa shape index (κ3) is 7.78. The molecule has 0 aromatic heterocycles. The van der Waals surface area contributed by atoms with E-state index in [4.69, 9.17) is 34.2 Å². The monoisotopic (exact) mass is 790 g/mol. The van der Waals surface area contributed by atoms with E-state index in [0.717, 1.165) is 5.56 Å². The smallest absolute Gasteiger partial charge is 0.247 e. The van der Waals surface area contributed by atoms with Crippen molar-refractivity contribution in [1.82, 2.24) is 16.0 Å². The number of phenols is 1. The van der Waals surface area contributed by atoms with Crippen molar-refractivity contribution in [3.05, 3.63) is 125 Å². The van der Waals surface area contributed by atoms with Crippen LogP contribution in [-0.4, -0.2) is 62.4 Å². The molecule has 3 aliphatic rings. The lowest BCUT2D eigenvalue weighted by Gasteiger charge is -2.31. The number of benzene rings is 5. The van der Waals surface area contributed by atoms with E-state index in [1.807, 2.05) is 30.3 Å². The zero-order chi connectivity index (χ0) is 41.1. The molecule has 0 saturated heterocycles. The molecule has 0 radical (unpaired) electrons. The number of ether oxygens (including phenoxy) is 6. The molecule has 3 amide bonds. The van der Waals surface area contributed by atoms with E-state index >= 15 is 0 Å². The van der Waals surface area contributed by atoms with Gasteiger partial charge < -0.3 is 60.3 Å². The van der Waals surface area contributed by atoms with Crippen LogP contribution in [-0.2, 0) is 25.7 Å². The lowest BCUT2D eigenvalue weighted by atomic mass is 9.91. The molecule has 8 bridgehead atoms. The van der Waals surface area contributed by atoms with Crippen molar-refractivity contribution in [3.8, 4) is 51.4 Å². The zero-order valence-electron chi connectivity index (χ0n) is 32.0. The molecular formula is C43H42N4O11. The summed E-state index contributed by atoms with van der Waals surface area (Å²) in [6.45, 7) is 0.0436. The summed E-state index contributed by atoms with van der Waals surface area (Å²) in [6, 6.07) is 21.7. The molecule has 0 aliphatic carbocycles. The highest BCUT2D eigenvalue weighted by molar-refractivity contribution is 5.95. The maximum Gasteiger partial charge on any atom is 0.247 e. The van der Waals surface area contributed by atoms with Crippen molar-refractivity contribution in [2.24, 2.45) is 5.73 Å². The maximum absolute atomic E-state index is 14.7. The third-order valence-electron chi connectivity index (χ3n) is 10.0. The molecule has 1 unspecified atom stereocenters.